The largest absolute Gasteiger partial charge is 0.478 e. The molecule has 3 aromatic rings. The van der Waals surface area contributed by atoms with E-state index < -0.39 is 16.0 Å². The quantitative estimate of drug-likeness (QED) is 0.759. The molecule has 0 spiro atoms. The van der Waals surface area contributed by atoms with E-state index in [4.69, 9.17) is 5.11 Å². The minimum Gasteiger partial charge on any atom is -0.478 e. The van der Waals surface area contributed by atoms with Crippen LogP contribution in [0.2, 0.25) is 0 Å². The molecular weight excluding hydrogens is 328 g/mol. The maximum atomic E-state index is 12.6. The molecule has 0 saturated heterocycles. The van der Waals surface area contributed by atoms with Crippen LogP contribution in [0.15, 0.2) is 59.6 Å². The molecule has 1 heterocycles. The number of hydrogen-bond donors (Lipinski definition) is 2. The minimum absolute atomic E-state index is 0.0473. The Morgan fingerprint density at radius 2 is 1.88 bits per heavy atom. The highest BCUT2D eigenvalue weighted by Gasteiger charge is 2.19. The zero-order chi connectivity index (χ0) is 17.3. The Labute approximate surface area is 138 Å². The van der Waals surface area contributed by atoms with Gasteiger partial charge in [0.15, 0.2) is 0 Å². The highest BCUT2D eigenvalue weighted by Crippen LogP contribution is 2.24. The van der Waals surface area contributed by atoms with Crippen LogP contribution in [0.3, 0.4) is 0 Å². The second kappa shape index (κ2) is 5.93. The SMILES string of the molecule is Cc1ccc(S(=O)(=O)Nc2cccc3cccnc23)cc1C(=O)O. The number of carbonyl (C=O) groups is 1. The molecule has 0 saturated carbocycles. The van der Waals surface area contributed by atoms with Crippen molar-refractivity contribution in [3.05, 3.63) is 65.9 Å². The summed E-state index contributed by atoms with van der Waals surface area (Å²) in [5.74, 6) is -1.17. The number of anilines is 1. The molecule has 7 heteroatoms. The third kappa shape index (κ3) is 2.93. The Hall–Kier alpha value is -2.93. The number of hydrogen-bond acceptors (Lipinski definition) is 4. The summed E-state index contributed by atoms with van der Waals surface area (Å²) in [5.41, 5.74) is 1.31. The van der Waals surface area contributed by atoms with Crippen molar-refractivity contribution in [3.8, 4) is 0 Å². The number of aromatic carboxylic acids is 1. The maximum absolute atomic E-state index is 12.6. The number of aromatic nitrogens is 1. The van der Waals surface area contributed by atoms with Crippen LogP contribution in [0.1, 0.15) is 15.9 Å². The summed E-state index contributed by atoms with van der Waals surface area (Å²) in [6, 6.07) is 12.8. The van der Waals surface area contributed by atoms with Crippen LogP contribution in [0.5, 0.6) is 0 Å². The Kier molecular flexibility index (Phi) is 3.94. The van der Waals surface area contributed by atoms with Crippen molar-refractivity contribution in [3.63, 3.8) is 0 Å². The number of nitrogens with one attached hydrogen (secondary N) is 1. The molecule has 3 rings (SSSR count). The fourth-order valence-electron chi connectivity index (χ4n) is 2.39. The molecule has 0 amide bonds. The first-order valence-electron chi connectivity index (χ1n) is 7.09. The van der Waals surface area contributed by atoms with Crippen LogP contribution in [-0.4, -0.2) is 24.5 Å². The topological polar surface area (TPSA) is 96.4 Å². The van der Waals surface area contributed by atoms with Crippen LogP contribution in [0.25, 0.3) is 10.9 Å². The van der Waals surface area contributed by atoms with Gasteiger partial charge < -0.3 is 5.11 Å². The highest BCUT2D eigenvalue weighted by atomic mass is 32.2. The average molecular weight is 342 g/mol. The lowest BCUT2D eigenvalue weighted by Crippen LogP contribution is -2.14. The van der Waals surface area contributed by atoms with Crippen molar-refractivity contribution < 1.29 is 18.3 Å². The van der Waals surface area contributed by atoms with Gasteiger partial charge in [-0.2, -0.15) is 0 Å². The number of pyridine rings is 1. The maximum Gasteiger partial charge on any atom is 0.335 e. The second-order valence-electron chi connectivity index (χ2n) is 5.27. The van der Waals surface area contributed by atoms with E-state index >= 15 is 0 Å². The summed E-state index contributed by atoms with van der Waals surface area (Å²) in [4.78, 5) is 15.3. The average Bonchev–Trinajstić information content (AvgIpc) is 2.55. The molecule has 122 valence electrons. The van der Waals surface area contributed by atoms with Crippen molar-refractivity contribution in [2.75, 3.05) is 4.72 Å². The van der Waals surface area contributed by atoms with Crippen LogP contribution >= 0.6 is 0 Å². The zero-order valence-corrected chi connectivity index (χ0v) is 13.5. The molecule has 0 radical (unpaired) electrons. The number of carboxylic acid groups (broad SMARTS) is 1. The third-order valence-corrected chi connectivity index (χ3v) is 4.99. The fraction of sp³-hybridized carbons (Fsp3) is 0.0588. The number of sulfonamides is 1. The van der Waals surface area contributed by atoms with Gasteiger partial charge in [0, 0.05) is 11.6 Å². The highest BCUT2D eigenvalue weighted by molar-refractivity contribution is 7.92. The summed E-state index contributed by atoms with van der Waals surface area (Å²) < 4.78 is 27.7. The Bertz CT molecular complexity index is 1040. The summed E-state index contributed by atoms with van der Waals surface area (Å²) in [6.45, 7) is 1.61. The minimum atomic E-state index is -3.93. The Balaban J connectivity index is 2.05. The summed E-state index contributed by atoms with van der Waals surface area (Å²) in [5, 5.41) is 9.96. The first-order valence-corrected chi connectivity index (χ1v) is 8.57. The van der Waals surface area contributed by atoms with E-state index in [0.29, 0.717) is 16.8 Å². The zero-order valence-electron chi connectivity index (χ0n) is 12.7. The third-order valence-electron chi connectivity index (χ3n) is 3.63. The molecule has 0 unspecified atom stereocenters. The Morgan fingerprint density at radius 1 is 1.12 bits per heavy atom. The van der Waals surface area contributed by atoms with Crippen molar-refractivity contribution >= 4 is 32.6 Å². The van der Waals surface area contributed by atoms with Crippen LogP contribution in [0.4, 0.5) is 5.69 Å². The lowest BCUT2D eigenvalue weighted by atomic mass is 10.1. The van der Waals surface area contributed by atoms with E-state index in [1.165, 1.54) is 12.1 Å². The van der Waals surface area contributed by atoms with Gasteiger partial charge in [-0.15, -0.1) is 0 Å². The van der Waals surface area contributed by atoms with Crippen molar-refractivity contribution in [1.82, 2.24) is 4.98 Å². The number of fused-ring (bicyclic) bond motifs is 1. The van der Waals surface area contributed by atoms with Crippen LogP contribution in [0, 0.1) is 6.92 Å². The smallest absolute Gasteiger partial charge is 0.335 e. The van der Waals surface area contributed by atoms with Gasteiger partial charge >= 0.3 is 5.97 Å². The molecule has 0 fully saturated rings. The summed E-state index contributed by atoms with van der Waals surface area (Å²) in [6.07, 6.45) is 1.58. The van der Waals surface area contributed by atoms with Crippen molar-refractivity contribution in [1.29, 1.82) is 0 Å². The lowest BCUT2D eigenvalue weighted by molar-refractivity contribution is 0.0696. The molecule has 0 aliphatic carbocycles. The number of aryl methyl sites for hydroxylation is 1. The van der Waals surface area contributed by atoms with Crippen molar-refractivity contribution in [2.24, 2.45) is 0 Å². The summed E-state index contributed by atoms with van der Waals surface area (Å²) >= 11 is 0. The van der Waals surface area contributed by atoms with Gasteiger partial charge in [0.05, 0.1) is 21.7 Å². The van der Waals surface area contributed by atoms with Gasteiger partial charge in [0.1, 0.15) is 0 Å². The fourth-order valence-corrected chi connectivity index (χ4v) is 3.48. The molecule has 1 aromatic heterocycles. The predicted octanol–water partition coefficient (Wildman–Crippen LogP) is 3.04. The summed E-state index contributed by atoms with van der Waals surface area (Å²) in [7, 11) is -3.93. The lowest BCUT2D eigenvalue weighted by Gasteiger charge is -2.11. The molecule has 2 N–H and O–H groups in total. The molecule has 0 bridgehead atoms. The van der Waals surface area contributed by atoms with Gasteiger partial charge in [0.25, 0.3) is 10.0 Å². The van der Waals surface area contributed by atoms with E-state index in [2.05, 4.69) is 9.71 Å². The van der Waals surface area contributed by atoms with E-state index in [1.54, 1.807) is 31.3 Å². The second-order valence-corrected chi connectivity index (χ2v) is 6.95. The number of rotatable bonds is 4. The molecular formula is C17H14N2O4S. The standard InChI is InChI=1S/C17H14N2O4S/c1-11-7-8-13(10-14(11)17(20)21)24(22,23)19-15-6-2-4-12-5-3-9-18-16(12)15/h2-10,19H,1H3,(H,20,21). The van der Waals surface area contributed by atoms with E-state index in [0.717, 1.165) is 11.5 Å². The van der Waals surface area contributed by atoms with Crippen molar-refractivity contribution in [2.45, 2.75) is 11.8 Å². The first kappa shape index (κ1) is 15.9. The number of nitrogens with zero attached hydrogens (tertiary/aromatic N) is 1. The van der Waals surface area contributed by atoms with E-state index in [9.17, 15) is 13.2 Å². The number of benzene rings is 2. The van der Waals surface area contributed by atoms with Crippen LogP contribution < -0.4 is 4.72 Å². The monoisotopic (exact) mass is 342 g/mol. The molecule has 0 aliphatic heterocycles. The van der Waals surface area contributed by atoms with Gasteiger partial charge in [-0.05, 0) is 36.8 Å². The van der Waals surface area contributed by atoms with E-state index in [1.807, 2.05) is 12.1 Å². The predicted molar refractivity (Wildman–Crippen MR) is 90.7 cm³/mol. The van der Waals surface area contributed by atoms with E-state index in [-0.39, 0.29) is 10.5 Å². The molecule has 0 aliphatic rings. The van der Waals surface area contributed by atoms with Gasteiger partial charge in [-0.3, -0.25) is 9.71 Å². The Morgan fingerprint density at radius 3 is 2.62 bits per heavy atom. The molecule has 24 heavy (non-hydrogen) atoms. The van der Waals surface area contributed by atoms with Gasteiger partial charge in [-0.1, -0.05) is 24.3 Å². The number of carboxylic acids is 1. The first-order chi connectivity index (χ1) is 11.4. The van der Waals surface area contributed by atoms with Gasteiger partial charge in [-0.25, -0.2) is 13.2 Å². The molecule has 6 nitrogen and oxygen atoms in total. The van der Waals surface area contributed by atoms with Gasteiger partial charge in [0.2, 0.25) is 0 Å². The molecule has 2 aromatic carbocycles. The number of para-hydroxylation sites is 1. The van der Waals surface area contributed by atoms with Crippen LogP contribution in [-0.2, 0) is 10.0 Å². The normalized spacial score (nSPS) is 11.4. The molecule has 0 atom stereocenters.